The first-order valence-corrected chi connectivity index (χ1v) is 3.63. The van der Waals surface area contributed by atoms with E-state index in [1.165, 1.54) is 0 Å². The van der Waals surface area contributed by atoms with Crippen LogP contribution in [0.4, 0.5) is 0 Å². The summed E-state index contributed by atoms with van der Waals surface area (Å²) in [5.41, 5.74) is 5.48. The molecule has 1 aromatic heterocycles. The van der Waals surface area contributed by atoms with Gasteiger partial charge in [0.1, 0.15) is 0 Å². The Labute approximate surface area is 61.7 Å². The van der Waals surface area contributed by atoms with Crippen LogP contribution in [0.25, 0.3) is 0 Å². The second kappa shape index (κ2) is 3.42. The molecule has 10 heavy (non-hydrogen) atoms. The Hall–Kier alpha value is -0.760. The van der Waals surface area contributed by atoms with Gasteiger partial charge in [0.15, 0.2) is 0 Å². The minimum Gasteiger partial charge on any atom is -0.354 e. The van der Waals surface area contributed by atoms with Crippen LogP contribution >= 0.6 is 0 Å². The predicted molar refractivity (Wildman–Crippen MR) is 42.7 cm³/mol. The van der Waals surface area contributed by atoms with Gasteiger partial charge < -0.3 is 10.3 Å². The van der Waals surface area contributed by atoms with Crippen LogP contribution in [-0.2, 0) is 6.54 Å². The smallest absolute Gasteiger partial charge is 0.0257 e. The number of hydrogen-bond donors (Lipinski definition) is 1. The molecule has 0 fully saturated rings. The Bertz CT molecular complexity index is 167. The molecule has 0 aromatic carbocycles. The largest absolute Gasteiger partial charge is 0.354 e. The number of nitrogens with zero attached hydrogens (tertiary/aromatic N) is 1. The van der Waals surface area contributed by atoms with E-state index >= 15 is 0 Å². The summed E-state index contributed by atoms with van der Waals surface area (Å²) in [5.74, 6) is 0.576. The molecule has 1 atom stereocenters. The lowest BCUT2D eigenvalue weighted by Crippen LogP contribution is -2.15. The first-order valence-electron chi connectivity index (χ1n) is 3.63. The average molecular weight is 138 g/mol. The molecule has 1 rings (SSSR count). The van der Waals surface area contributed by atoms with Crippen molar-refractivity contribution in [1.29, 1.82) is 0 Å². The highest BCUT2D eigenvalue weighted by Gasteiger charge is 1.97. The van der Waals surface area contributed by atoms with E-state index in [1.54, 1.807) is 0 Å². The van der Waals surface area contributed by atoms with Crippen molar-refractivity contribution in [2.24, 2.45) is 11.7 Å². The van der Waals surface area contributed by atoms with Gasteiger partial charge in [-0.2, -0.15) is 0 Å². The van der Waals surface area contributed by atoms with Gasteiger partial charge >= 0.3 is 0 Å². The lowest BCUT2D eigenvalue weighted by molar-refractivity contribution is 0.493. The standard InChI is InChI=1S/C8H14N2/c1-8(6-9)7-10-4-2-3-5-10/h2-5,8H,6-7,9H2,1H3. The first-order chi connectivity index (χ1) is 4.83. The third-order valence-corrected chi connectivity index (χ3v) is 1.59. The highest BCUT2D eigenvalue weighted by molar-refractivity contribution is 4.90. The number of nitrogens with two attached hydrogens (primary N) is 1. The van der Waals surface area contributed by atoms with Gasteiger partial charge in [-0.05, 0) is 24.6 Å². The van der Waals surface area contributed by atoms with Crippen molar-refractivity contribution in [3.8, 4) is 0 Å². The Morgan fingerprint density at radius 1 is 1.40 bits per heavy atom. The molecule has 0 aliphatic heterocycles. The molecule has 0 radical (unpaired) electrons. The van der Waals surface area contributed by atoms with Crippen LogP contribution in [0.1, 0.15) is 6.92 Å². The molecule has 0 aliphatic carbocycles. The summed E-state index contributed by atoms with van der Waals surface area (Å²) < 4.78 is 2.15. The molecule has 2 heteroatoms. The average Bonchev–Trinajstić information content (AvgIpc) is 2.40. The third-order valence-electron chi connectivity index (χ3n) is 1.59. The molecular weight excluding hydrogens is 124 g/mol. The summed E-state index contributed by atoms with van der Waals surface area (Å²) in [6.45, 7) is 3.95. The quantitative estimate of drug-likeness (QED) is 0.665. The minimum absolute atomic E-state index is 0.576. The molecule has 1 heterocycles. The number of hydrogen-bond acceptors (Lipinski definition) is 1. The van der Waals surface area contributed by atoms with Crippen LogP contribution in [0.2, 0.25) is 0 Å². The molecule has 2 N–H and O–H groups in total. The van der Waals surface area contributed by atoms with Crippen LogP contribution < -0.4 is 5.73 Å². The maximum Gasteiger partial charge on any atom is 0.0257 e. The second-order valence-electron chi connectivity index (χ2n) is 2.72. The van der Waals surface area contributed by atoms with Crippen molar-refractivity contribution in [3.63, 3.8) is 0 Å². The minimum atomic E-state index is 0.576. The van der Waals surface area contributed by atoms with E-state index in [-0.39, 0.29) is 0 Å². The van der Waals surface area contributed by atoms with Crippen molar-refractivity contribution in [1.82, 2.24) is 4.57 Å². The maximum absolute atomic E-state index is 5.48. The SMILES string of the molecule is CC(CN)Cn1cccc1. The molecule has 56 valence electrons. The molecule has 1 unspecified atom stereocenters. The molecule has 0 spiro atoms. The fourth-order valence-electron chi connectivity index (χ4n) is 0.926. The monoisotopic (exact) mass is 138 g/mol. The molecule has 2 nitrogen and oxygen atoms in total. The Morgan fingerprint density at radius 2 is 2.00 bits per heavy atom. The van der Waals surface area contributed by atoms with E-state index in [9.17, 15) is 0 Å². The van der Waals surface area contributed by atoms with Crippen molar-refractivity contribution < 1.29 is 0 Å². The molecule has 0 bridgehead atoms. The lowest BCUT2D eigenvalue weighted by Gasteiger charge is -2.08. The van der Waals surface area contributed by atoms with Crippen LogP contribution in [-0.4, -0.2) is 11.1 Å². The summed E-state index contributed by atoms with van der Waals surface area (Å²) in [4.78, 5) is 0. The highest BCUT2D eigenvalue weighted by Crippen LogP contribution is 1.98. The van der Waals surface area contributed by atoms with Gasteiger partial charge in [-0.15, -0.1) is 0 Å². The summed E-state index contributed by atoms with van der Waals surface area (Å²) >= 11 is 0. The normalized spacial score (nSPS) is 13.4. The van der Waals surface area contributed by atoms with Crippen molar-refractivity contribution >= 4 is 0 Å². The summed E-state index contributed by atoms with van der Waals surface area (Å²) in [7, 11) is 0. The van der Waals surface area contributed by atoms with Gasteiger partial charge in [0.2, 0.25) is 0 Å². The third kappa shape index (κ3) is 1.88. The van der Waals surface area contributed by atoms with Gasteiger partial charge in [-0.25, -0.2) is 0 Å². The van der Waals surface area contributed by atoms with E-state index in [4.69, 9.17) is 5.73 Å². The molecule has 0 aliphatic rings. The summed E-state index contributed by atoms with van der Waals surface area (Å²) in [6, 6.07) is 4.06. The highest BCUT2D eigenvalue weighted by atomic mass is 14.9. The van der Waals surface area contributed by atoms with Gasteiger partial charge in [-0.3, -0.25) is 0 Å². The Balaban J connectivity index is 2.40. The Morgan fingerprint density at radius 3 is 2.50 bits per heavy atom. The maximum atomic E-state index is 5.48. The Kier molecular flexibility index (Phi) is 2.51. The van der Waals surface area contributed by atoms with Crippen LogP contribution in [0.3, 0.4) is 0 Å². The zero-order chi connectivity index (χ0) is 7.40. The topological polar surface area (TPSA) is 30.9 Å². The van der Waals surface area contributed by atoms with Gasteiger partial charge in [0.05, 0.1) is 0 Å². The first kappa shape index (κ1) is 7.35. The van der Waals surface area contributed by atoms with Crippen molar-refractivity contribution in [3.05, 3.63) is 24.5 Å². The van der Waals surface area contributed by atoms with Crippen LogP contribution in [0.15, 0.2) is 24.5 Å². The number of aromatic nitrogens is 1. The van der Waals surface area contributed by atoms with E-state index < -0.39 is 0 Å². The fourth-order valence-corrected chi connectivity index (χ4v) is 0.926. The van der Waals surface area contributed by atoms with Crippen molar-refractivity contribution in [2.75, 3.05) is 6.54 Å². The lowest BCUT2D eigenvalue weighted by atomic mass is 10.2. The second-order valence-corrected chi connectivity index (χ2v) is 2.72. The van der Waals surface area contributed by atoms with E-state index in [0.29, 0.717) is 5.92 Å². The summed E-state index contributed by atoms with van der Waals surface area (Å²) in [5, 5.41) is 0. The number of rotatable bonds is 3. The molecule has 0 saturated carbocycles. The van der Waals surface area contributed by atoms with Gasteiger partial charge in [-0.1, -0.05) is 6.92 Å². The zero-order valence-corrected chi connectivity index (χ0v) is 6.33. The predicted octanol–water partition coefficient (Wildman–Crippen LogP) is 1.08. The van der Waals surface area contributed by atoms with Gasteiger partial charge in [0.25, 0.3) is 0 Å². The van der Waals surface area contributed by atoms with E-state index in [0.717, 1.165) is 13.1 Å². The van der Waals surface area contributed by atoms with Crippen LogP contribution in [0.5, 0.6) is 0 Å². The molecule has 0 amide bonds. The van der Waals surface area contributed by atoms with E-state index in [1.807, 2.05) is 12.1 Å². The molecular formula is C8H14N2. The van der Waals surface area contributed by atoms with E-state index in [2.05, 4.69) is 23.9 Å². The molecule has 0 saturated heterocycles. The van der Waals surface area contributed by atoms with Crippen molar-refractivity contribution in [2.45, 2.75) is 13.5 Å². The summed E-state index contributed by atoms with van der Waals surface area (Å²) in [6.07, 6.45) is 4.12. The fraction of sp³-hybridized carbons (Fsp3) is 0.500. The van der Waals surface area contributed by atoms with Crippen LogP contribution in [0, 0.1) is 5.92 Å². The van der Waals surface area contributed by atoms with Gasteiger partial charge in [0, 0.05) is 18.9 Å². The molecule has 1 aromatic rings. The zero-order valence-electron chi connectivity index (χ0n) is 6.33.